The van der Waals surface area contributed by atoms with Crippen molar-refractivity contribution in [3.8, 4) is 0 Å². The molecule has 9 heteroatoms. The Morgan fingerprint density at radius 2 is 0.814 bits per heavy atom. The third kappa shape index (κ3) is 52.8. The van der Waals surface area contributed by atoms with Crippen LogP contribution in [0.2, 0.25) is 0 Å². The summed E-state index contributed by atoms with van der Waals surface area (Å²) in [6.45, 7) is 4.64. The van der Waals surface area contributed by atoms with E-state index in [4.69, 9.17) is 18.9 Å². The minimum atomic E-state index is -1.63. The van der Waals surface area contributed by atoms with Gasteiger partial charge in [-0.1, -0.05) is 242 Å². The number of likely N-dealkylation sites (N-methyl/N-ethyl adjacent to an activating group) is 1. The molecule has 0 amide bonds. The number of carboxylic acids is 1. The Labute approximate surface area is 431 Å². The van der Waals surface area contributed by atoms with Crippen molar-refractivity contribution < 1.29 is 42.9 Å². The lowest BCUT2D eigenvalue weighted by Gasteiger charge is -2.26. The molecular formula is C61H109NO8. The molecule has 0 saturated carbocycles. The van der Waals surface area contributed by atoms with Crippen molar-refractivity contribution in [2.45, 2.75) is 264 Å². The molecule has 0 spiro atoms. The van der Waals surface area contributed by atoms with Crippen molar-refractivity contribution in [3.63, 3.8) is 0 Å². The molecule has 0 aromatic rings. The number of ether oxygens (including phenoxy) is 4. The number of quaternary nitrogens is 1. The molecule has 0 aliphatic heterocycles. The van der Waals surface area contributed by atoms with Gasteiger partial charge < -0.3 is 33.3 Å². The number of carbonyl (C=O) groups is 3. The molecule has 2 atom stereocenters. The largest absolute Gasteiger partial charge is 0.545 e. The molecule has 0 fully saturated rings. The summed E-state index contributed by atoms with van der Waals surface area (Å²) in [5.74, 6) is -2.30. The smallest absolute Gasteiger partial charge is 0.306 e. The van der Waals surface area contributed by atoms with E-state index in [0.717, 1.165) is 83.5 Å². The molecule has 0 radical (unpaired) electrons. The molecule has 0 aromatic carbocycles. The number of hydrogen-bond acceptors (Lipinski definition) is 8. The van der Waals surface area contributed by atoms with Gasteiger partial charge in [-0.05, 0) is 57.8 Å². The maximum atomic E-state index is 12.8. The Kier molecular flexibility index (Phi) is 50.1. The predicted molar refractivity (Wildman–Crippen MR) is 292 cm³/mol. The number of nitrogens with zero attached hydrogens (tertiary/aromatic N) is 1. The summed E-state index contributed by atoms with van der Waals surface area (Å²) in [4.78, 5) is 37.3. The molecule has 406 valence electrons. The van der Waals surface area contributed by atoms with Crippen LogP contribution in [0.25, 0.3) is 0 Å². The van der Waals surface area contributed by atoms with Crippen LogP contribution in [0.5, 0.6) is 0 Å². The highest BCUT2D eigenvalue weighted by molar-refractivity contribution is 5.70. The molecule has 0 heterocycles. The Bertz CT molecular complexity index is 1330. The second-order valence-corrected chi connectivity index (χ2v) is 20.6. The maximum Gasteiger partial charge on any atom is 0.306 e. The van der Waals surface area contributed by atoms with E-state index >= 15 is 0 Å². The van der Waals surface area contributed by atoms with E-state index in [1.54, 1.807) is 0 Å². The van der Waals surface area contributed by atoms with Gasteiger partial charge in [-0.15, -0.1) is 0 Å². The van der Waals surface area contributed by atoms with Gasteiger partial charge >= 0.3 is 11.9 Å². The number of rotatable bonds is 53. The van der Waals surface area contributed by atoms with Crippen molar-refractivity contribution >= 4 is 17.9 Å². The lowest BCUT2D eigenvalue weighted by Crippen LogP contribution is -2.44. The van der Waals surface area contributed by atoms with Gasteiger partial charge in [0.2, 0.25) is 0 Å². The molecular weight excluding hydrogens is 875 g/mol. The van der Waals surface area contributed by atoms with E-state index in [2.05, 4.69) is 74.6 Å². The Morgan fingerprint density at radius 1 is 0.443 bits per heavy atom. The zero-order valence-electron chi connectivity index (χ0n) is 46.1. The molecule has 0 bridgehead atoms. The molecule has 0 aromatic heterocycles. The minimum Gasteiger partial charge on any atom is -0.545 e. The average molecular weight is 985 g/mol. The fraction of sp³-hybridized carbons (Fsp3) is 0.787. The summed E-state index contributed by atoms with van der Waals surface area (Å²) < 4.78 is 22.7. The molecule has 70 heavy (non-hydrogen) atoms. The SMILES string of the molecule is CC/C=C\C/C=C\C/C=C\C/C=C\C/C=C\CCCCCCCC(=O)OC(COC(=O)CCCCCCCCCCCCCCCCCCCCCCCCCC)COC(OCC[N+](C)(C)C)C(=O)[O-]. The Morgan fingerprint density at radius 3 is 1.21 bits per heavy atom. The summed E-state index contributed by atoms with van der Waals surface area (Å²) in [7, 11) is 5.91. The number of carbonyl (C=O) groups excluding carboxylic acids is 3. The molecule has 9 nitrogen and oxygen atoms in total. The van der Waals surface area contributed by atoms with Crippen molar-refractivity contribution in [1.82, 2.24) is 0 Å². The fourth-order valence-corrected chi connectivity index (χ4v) is 8.09. The Balaban J connectivity index is 4.26. The van der Waals surface area contributed by atoms with Gasteiger partial charge in [0.25, 0.3) is 0 Å². The molecule has 0 saturated heterocycles. The first-order valence-corrected chi connectivity index (χ1v) is 28.9. The first-order valence-electron chi connectivity index (χ1n) is 28.9. The van der Waals surface area contributed by atoms with Gasteiger partial charge in [-0.25, -0.2) is 0 Å². The van der Waals surface area contributed by atoms with E-state index in [-0.39, 0.29) is 38.6 Å². The van der Waals surface area contributed by atoms with Gasteiger partial charge in [0.1, 0.15) is 13.2 Å². The van der Waals surface area contributed by atoms with Crippen LogP contribution < -0.4 is 5.11 Å². The van der Waals surface area contributed by atoms with E-state index < -0.39 is 24.3 Å². The van der Waals surface area contributed by atoms with Crippen LogP contribution in [0, 0.1) is 0 Å². The fourth-order valence-electron chi connectivity index (χ4n) is 8.09. The second-order valence-electron chi connectivity index (χ2n) is 20.6. The number of carboxylic acid groups (broad SMARTS) is 1. The topological polar surface area (TPSA) is 111 Å². The normalized spacial score (nSPS) is 13.2. The lowest BCUT2D eigenvalue weighted by atomic mass is 10.0. The summed E-state index contributed by atoms with van der Waals surface area (Å²) >= 11 is 0. The van der Waals surface area contributed by atoms with Crippen LogP contribution in [0.15, 0.2) is 60.8 Å². The molecule has 0 N–H and O–H groups in total. The zero-order chi connectivity index (χ0) is 51.3. The highest BCUT2D eigenvalue weighted by Gasteiger charge is 2.22. The van der Waals surface area contributed by atoms with Gasteiger partial charge in [0.15, 0.2) is 12.4 Å². The van der Waals surface area contributed by atoms with Gasteiger partial charge in [-0.3, -0.25) is 9.59 Å². The van der Waals surface area contributed by atoms with Gasteiger partial charge in [0.05, 0.1) is 40.3 Å². The van der Waals surface area contributed by atoms with Gasteiger partial charge in [-0.2, -0.15) is 0 Å². The number of allylic oxidation sites excluding steroid dienone is 10. The van der Waals surface area contributed by atoms with Crippen LogP contribution in [0.3, 0.4) is 0 Å². The third-order valence-electron chi connectivity index (χ3n) is 12.5. The number of unbranched alkanes of at least 4 members (excludes halogenated alkanes) is 28. The number of esters is 2. The monoisotopic (exact) mass is 984 g/mol. The first-order chi connectivity index (χ1) is 34.1. The van der Waals surface area contributed by atoms with Crippen LogP contribution in [-0.2, 0) is 33.3 Å². The standard InChI is InChI=1S/C61H109NO8/c1-6-8-10-12-14-16-18-20-22-24-26-28-29-30-32-33-35-37-39-41-43-45-47-49-51-58(63)68-55-57(56-69-61(60(65)66)67-54-53-62(3,4)5)70-59(64)52-50-48-46-44-42-40-38-36-34-31-27-25-23-21-19-17-15-13-11-9-7-2/h9,11,15,17,21,23,27,31,36,38,57,61H,6-8,10,12-14,16,18-20,22,24-26,28-30,32-35,37,39-56H2,1-5H3/b11-9-,17-15-,23-21-,31-27-,38-36-. The average Bonchev–Trinajstić information content (AvgIpc) is 3.33. The predicted octanol–water partition coefficient (Wildman–Crippen LogP) is 15.5. The summed E-state index contributed by atoms with van der Waals surface area (Å²) in [5, 5.41) is 11.8. The molecule has 0 rings (SSSR count). The lowest BCUT2D eigenvalue weighted by molar-refractivity contribution is -0.870. The van der Waals surface area contributed by atoms with E-state index in [9.17, 15) is 19.5 Å². The first kappa shape index (κ1) is 67.0. The summed E-state index contributed by atoms with van der Waals surface area (Å²) in [5.41, 5.74) is 0. The zero-order valence-corrected chi connectivity index (χ0v) is 46.1. The molecule has 0 aliphatic rings. The Hall–Kier alpha value is -3.01. The van der Waals surface area contributed by atoms with Crippen molar-refractivity contribution in [2.75, 3.05) is 47.5 Å². The minimum absolute atomic E-state index is 0.142. The summed E-state index contributed by atoms with van der Waals surface area (Å²) in [6, 6.07) is 0. The summed E-state index contributed by atoms with van der Waals surface area (Å²) in [6.07, 6.45) is 62.7. The number of hydrogen-bond donors (Lipinski definition) is 0. The van der Waals surface area contributed by atoms with E-state index in [1.165, 1.54) is 135 Å². The van der Waals surface area contributed by atoms with E-state index in [1.807, 2.05) is 21.1 Å². The van der Waals surface area contributed by atoms with Crippen LogP contribution >= 0.6 is 0 Å². The highest BCUT2D eigenvalue weighted by Crippen LogP contribution is 2.17. The van der Waals surface area contributed by atoms with Crippen molar-refractivity contribution in [2.24, 2.45) is 0 Å². The number of aliphatic carboxylic acids is 1. The quantitative estimate of drug-likeness (QED) is 0.0195. The van der Waals surface area contributed by atoms with E-state index in [0.29, 0.717) is 17.4 Å². The van der Waals surface area contributed by atoms with Crippen molar-refractivity contribution in [1.29, 1.82) is 0 Å². The van der Waals surface area contributed by atoms with Gasteiger partial charge in [0, 0.05) is 12.8 Å². The second kappa shape index (κ2) is 52.3. The highest BCUT2D eigenvalue weighted by atomic mass is 16.7. The van der Waals surface area contributed by atoms with Crippen molar-refractivity contribution in [3.05, 3.63) is 60.8 Å². The molecule has 0 aliphatic carbocycles. The van der Waals surface area contributed by atoms with Crippen LogP contribution in [0.4, 0.5) is 0 Å². The maximum absolute atomic E-state index is 12.8. The van der Waals surface area contributed by atoms with Crippen LogP contribution in [-0.4, -0.2) is 82.3 Å². The van der Waals surface area contributed by atoms with Crippen LogP contribution in [0.1, 0.15) is 251 Å². The molecule has 2 unspecified atom stereocenters. The third-order valence-corrected chi connectivity index (χ3v) is 12.5.